The van der Waals surface area contributed by atoms with Crippen LogP contribution in [0.2, 0.25) is 5.02 Å². The predicted molar refractivity (Wildman–Crippen MR) is 111 cm³/mol. The molecule has 9 nitrogen and oxygen atoms in total. The zero-order chi connectivity index (χ0) is 20.8. The van der Waals surface area contributed by atoms with Crippen LogP contribution in [0.15, 0.2) is 30.9 Å². The van der Waals surface area contributed by atoms with Crippen molar-refractivity contribution in [1.82, 2.24) is 34.8 Å². The van der Waals surface area contributed by atoms with Gasteiger partial charge in [-0.1, -0.05) is 11.6 Å². The number of halogens is 1. The first kappa shape index (κ1) is 18.9. The Hall–Kier alpha value is -3.07. The number of amides is 1. The van der Waals surface area contributed by atoms with E-state index >= 15 is 0 Å². The van der Waals surface area contributed by atoms with Gasteiger partial charge in [-0.15, -0.1) is 4.80 Å². The van der Waals surface area contributed by atoms with Gasteiger partial charge in [0.15, 0.2) is 5.69 Å². The van der Waals surface area contributed by atoms with Gasteiger partial charge in [-0.3, -0.25) is 4.79 Å². The Morgan fingerprint density at radius 2 is 1.73 bits per heavy atom. The number of likely N-dealkylation sites (tertiary alicyclic amines) is 1. The van der Waals surface area contributed by atoms with Crippen molar-refractivity contribution in [2.24, 2.45) is 11.8 Å². The molecule has 1 amide bonds. The highest BCUT2D eigenvalue weighted by atomic mass is 35.5. The van der Waals surface area contributed by atoms with Crippen molar-refractivity contribution in [2.75, 3.05) is 31.1 Å². The van der Waals surface area contributed by atoms with Crippen molar-refractivity contribution < 1.29 is 4.79 Å². The second-order valence-electron chi connectivity index (χ2n) is 7.91. The zero-order valence-electron chi connectivity index (χ0n) is 16.7. The maximum atomic E-state index is 13.3. The average Bonchev–Trinajstić information content (AvgIpc) is 3.46. The lowest BCUT2D eigenvalue weighted by Gasteiger charge is -2.22. The largest absolute Gasteiger partial charge is 0.340 e. The lowest BCUT2D eigenvalue weighted by atomic mass is 10.0. The molecule has 2 aliphatic rings. The fourth-order valence-electron chi connectivity index (χ4n) is 4.23. The van der Waals surface area contributed by atoms with Crippen LogP contribution in [0.3, 0.4) is 0 Å². The Morgan fingerprint density at radius 1 is 1.03 bits per heavy atom. The van der Waals surface area contributed by atoms with E-state index in [2.05, 4.69) is 30.0 Å². The molecule has 2 atom stereocenters. The fourth-order valence-corrected chi connectivity index (χ4v) is 4.38. The number of aromatic nitrogens is 6. The first-order valence-corrected chi connectivity index (χ1v) is 10.2. The van der Waals surface area contributed by atoms with Gasteiger partial charge in [-0.25, -0.2) is 15.0 Å². The summed E-state index contributed by atoms with van der Waals surface area (Å²) in [5.41, 5.74) is 2.89. The minimum Gasteiger partial charge on any atom is -0.340 e. The van der Waals surface area contributed by atoms with Gasteiger partial charge in [0.1, 0.15) is 5.69 Å². The lowest BCUT2D eigenvalue weighted by molar-refractivity contribution is 0.0776. The summed E-state index contributed by atoms with van der Waals surface area (Å²) in [7, 11) is 0. The molecular weight excluding hydrogens is 404 g/mol. The van der Waals surface area contributed by atoms with Crippen LogP contribution in [0.25, 0.3) is 5.69 Å². The van der Waals surface area contributed by atoms with Crippen LogP contribution in [0.4, 0.5) is 5.95 Å². The van der Waals surface area contributed by atoms with Crippen LogP contribution < -0.4 is 4.90 Å². The average molecular weight is 425 g/mol. The molecule has 0 spiro atoms. The number of rotatable bonds is 3. The normalized spacial score (nSPS) is 20.6. The van der Waals surface area contributed by atoms with Crippen LogP contribution in [0, 0.1) is 25.7 Å². The molecule has 0 radical (unpaired) electrons. The van der Waals surface area contributed by atoms with Gasteiger partial charge >= 0.3 is 0 Å². The first-order valence-electron chi connectivity index (χ1n) is 9.86. The Labute approximate surface area is 178 Å². The highest BCUT2D eigenvalue weighted by molar-refractivity contribution is 6.30. The highest BCUT2D eigenvalue weighted by Gasteiger charge is 2.43. The Kier molecular flexibility index (Phi) is 4.62. The van der Waals surface area contributed by atoms with Crippen molar-refractivity contribution in [2.45, 2.75) is 13.8 Å². The molecule has 30 heavy (non-hydrogen) atoms. The number of aryl methyl sites for hydroxylation is 2. The minimum absolute atomic E-state index is 0.123. The van der Waals surface area contributed by atoms with Gasteiger partial charge in [-0.2, -0.15) is 10.2 Å². The second kappa shape index (κ2) is 7.32. The lowest BCUT2D eigenvalue weighted by Crippen LogP contribution is -2.34. The van der Waals surface area contributed by atoms with E-state index in [-0.39, 0.29) is 5.91 Å². The summed E-state index contributed by atoms with van der Waals surface area (Å²) in [5, 5.41) is 8.69. The third kappa shape index (κ3) is 3.28. The third-order valence-electron chi connectivity index (χ3n) is 5.94. The molecule has 2 saturated heterocycles. The quantitative estimate of drug-likeness (QED) is 0.634. The standard InChI is InChI=1S/C20H21ClN8O/c1-12-6-23-20(26-13(12)2)28-10-14-8-27(9-15(14)11-28)19(30)18-17(5-16(21)7-22-18)29-24-3-4-25-29/h3-7,14-15H,8-11H2,1-2H3. The summed E-state index contributed by atoms with van der Waals surface area (Å²) < 4.78 is 0. The molecule has 0 aromatic carbocycles. The summed E-state index contributed by atoms with van der Waals surface area (Å²) in [4.78, 5) is 32.1. The number of nitrogens with zero attached hydrogens (tertiary/aromatic N) is 8. The summed E-state index contributed by atoms with van der Waals surface area (Å²) in [6.45, 7) is 7.07. The van der Waals surface area contributed by atoms with Crippen LogP contribution in [0.1, 0.15) is 21.7 Å². The summed E-state index contributed by atoms with van der Waals surface area (Å²) in [6, 6.07) is 1.66. The number of carbonyl (C=O) groups excluding carboxylic acids is 1. The molecule has 0 saturated carbocycles. The van der Waals surface area contributed by atoms with Gasteiger partial charge in [0, 0.05) is 56.1 Å². The van der Waals surface area contributed by atoms with Gasteiger partial charge in [0.2, 0.25) is 5.95 Å². The number of hydrogen-bond acceptors (Lipinski definition) is 7. The Bertz CT molecular complexity index is 1090. The van der Waals surface area contributed by atoms with Gasteiger partial charge in [-0.05, 0) is 25.5 Å². The molecule has 0 aliphatic carbocycles. The van der Waals surface area contributed by atoms with E-state index in [9.17, 15) is 4.79 Å². The molecule has 0 N–H and O–H groups in total. The topological polar surface area (TPSA) is 92.9 Å². The second-order valence-corrected chi connectivity index (χ2v) is 8.35. The van der Waals surface area contributed by atoms with Crippen LogP contribution in [-0.4, -0.2) is 66.9 Å². The molecule has 154 valence electrons. The molecule has 2 aliphatic heterocycles. The summed E-state index contributed by atoms with van der Waals surface area (Å²) in [5.74, 6) is 1.43. The van der Waals surface area contributed by atoms with Crippen molar-refractivity contribution >= 4 is 23.5 Å². The first-order chi connectivity index (χ1) is 14.5. The van der Waals surface area contributed by atoms with E-state index in [1.807, 2.05) is 24.9 Å². The fraction of sp³-hybridized carbons (Fsp3) is 0.400. The minimum atomic E-state index is -0.123. The molecule has 3 aromatic heterocycles. The molecule has 5 heterocycles. The van der Waals surface area contributed by atoms with Crippen LogP contribution in [0.5, 0.6) is 0 Å². The molecule has 5 rings (SSSR count). The third-order valence-corrected chi connectivity index (χ3v) is 6.15. The van der Waals surface area contributed by atoms with E-state index in [0.29, 0.717) is 41.3 Å². The predicted octanol–water partition coefficient (Wildman–Crippen LogP) is 1.93. The van der Waals surface area contributed by atoms with Gasteiger partial charge in [0.05, 0.1) is 17.4 Å². The van der Waals surface area contributed by atoms with Crippen LogP contribution in [-0.2, 0) is 0 Å². The van der Waals surface area contributed by atoms with E-state index in [1.165, 1.54) is 11.0 Å². The van der Waals surface area contributed by atoms with E-state index in [4.69, 9.17) is 11.6 Å². The summed E-state index contributed by atoms with van der Waals surface area (Å²) in [6.07, 6.45) is 6.47. The van der Waals surface area contributed by atoms with E-state index in [0.717, 1.165) is 30.3 Å². The van der Waals surface area contributed by atoms with E-state index < -0.39 is 0 Å². The van der Waals surface area contributed by atoms with Crippen molar-refractivity contribution in [3.05, 3.63) is 52.8 Å². The molecule has 0 bridgehead atoms. The van der Waals surface area contributed by atoms with Crippen molar-refractivity contribution in [3.8, 4) is 5.69 Å². The molecule has 2 unspecified atom stereocenters. The zero-order valence-corrected chi connectivity index (χ0v) is 17.5. The molecule has 10 heteroatoms. The number of carbonyl (C=O) groups is 1. The van der Waals surface area contributed by atoms with Gasteiger partial charge < -0.3 is 9.80 Å². The van der Waals surface area contributed by atoms with E-state index in [1.54, 1.807) is 18.5 Å². The number of pyridine rings is 1. The number of hydrogen-bond donors (Lipinski definition) is 0. The Morgan fingerprint density at radius 3 is 2.40 bits per heavy atom. The monoisotopic (exact) mass is 424 g/mol. The maximum absolute atomic E-state index is 13.3. The SMILES string of the molecule is Cc1cnc(N2CC3CN(C(=O)c4ncc(Cl)cc4-n4nccn4)CC3C2)nc1C. The maximum Gasteiger partial charge on any atom is 0.274 e. The molecular formula is C20H21ClN8O. The molecule has 3 aromatic rings. The Balaban J connectivity index is 1.32. The highest BCUT2D eigenvalue weighted by Crippen LogP contribution is 2.34. The van der Waals surface area contributed by atoms with Crippen molar-refractivity contribution in [1.29, 1.82) is 0 Å². The molecule has 2 fully saturated rings. The number of fused-ring (bicyclic) bond motifs is 1. The van der Waals surface area contributed by atoms with Crippen LogP contribution >= 0.6 is 11.6 Å². The number of anilines is 1. The smallest absolute Gasteiger partial charge is 0.274 e. The van der Waals surface area contributed by atoms with Gasteiger partial charge in [0.25, 0.3) is 5.91 Å². The summed E-state index contributed by atoms with van der Waals surface area (Å²) >= 11 is 6.10. The van der Waals surface area contributed by atoms with Crippen molar-refractivity contribution in [3.63, 3.8) is 0 Å².